The number of rotatable bonds is 6. The highest BCUT2D eigenvalue weighted by Gasteiger charge is 2.24. The molecule has 0 amide bonds. The number of piperidine rings is 1. The largest absolute Gasteiger partial charge is 0.491 e. The van der Waals surface area contributed by atoms with Gasteiger partial charge in [-0.05, 0) is 44.1 Å². The normalized spacial score (nSPS) is 24.8. The first-order valence-electron chi connectivity index (χ1n) is 7.53. The van der Waals surface area contributed by atoms with Crippen molar-refractivity contribution >= 4 is 11.6 Å². The standard InChI is InChI=1S/C16H25ClN2O2/c1-12-10-19(2)7-6-16(12)18-9-14(20)11-21-15-5-3-4-13(17)8-15/h3-5,8,12,14,16,18,20H,6-7,9-11H2,1-2H3. The van der Waals surface area contributed by atoms with E-state index in [-0.39, 0.29) is 6.61 Å². The quantitative estimate of drug-likeness (QED) is 0.843. The van der Waals surface area contributed by atoms with E-state index >= 15 is 0 Å². The van der Waals surface area contributed by atoms with Gasteiger partial charge in [-0.15, -0.1) is 0 Å². The molecule has 2 N–H and O–H groups in total. The molecule has 1 heterocycles. The Kier molecular flexibility index (Phi) is 6.30. The molecule has 0 bridgehead atoms. The van der Waals surface area contributed by atoms with Gasteiger partial charge in [0.15, 0.2) is 0 Å². The van der Waals surface area contributed by atoms with Crippen molar-refractivity contribution < 1.29 is 9.84 Å². The Balaban J connectivity index is 1.69. The van der Waals surface area contributed by atoms with Crippen LogP contribution < -0.4 is 10.1 Å². The van der Waals surface area contributed by atoms with E-state index in [0.29, 0.717) is 29.3 Å². The number of aliphatic hydroxyl groups excluding tert-OH is 1. The van der Waals surface area contributed by atoms with Crippen molar-refractivity contribution in [1.82, 2.24) is 10.2 Å². The van der Waals surface area contributed by atoms with Crippen LogP contribution in [-0.4, -0.2) is 55.4 Å². The molecule has 0 aromatic heterocycles. The van der Waals surface area contributed by atoms with Crippen LogP contribution in [0.4, 0.5) is 0 Å². The summed E-state index contributed by atoms with van der Waals surface area (Å²) >= 11 is 5.89. The SMILES string of the molecule is CC1CN(C)CCC1NCC(O)COc1cccc(Cl)c1. The number of halogens is 1. The summed E-state index contributed by atoms with van der Waals surface area (Å²) in [5.74, 6) is 1.29. The van der Waals surface area contributed by atoms with Gasteiger partial charge in [-0.25, -0.2) is 0 Å². The highest BCUT2D eigenvalue weighted by atomic mass is 35.5. The van der Waals surface area contributed by atoms with E-state index in [0.717, 1.165) is 19.5 Å². The van der Waals surface area contributed by atoms with Crippen LogP contribution in [0.2, 0.25) is 5.02 Å². The molecule has 1 aromatic rings. The Bertz CT molecular complexity index is 444. The number of likely N-dealkylation sites (tertiary alicyclic amines) is 1. The molecule has 1 fully saturated rings. The van der Waals surface area contributed by atoms with Crippen LogP contribution in [0.5, 0.6) is 5.75 Å². The second-order valence-corrected chi connectivity index (χ2v) is 6.40. The molecule has 0 saturated carbocycles. The first-order chi connectivity index (χ1) is 10.0. The fraction of sp³-hybridized carbons (Fsp3) is 0.625. The summed E-state index contributed by atoms with van der Waals surface area (Å²) in [5.41, 5.74) is 0. The van der Waals surface area contributed by atoms with Gasteiger partial charge in [0.2, 0.25) is 0 Å². The lowest BCUT2D eigenvalue weighted by atomic mass is 9.94. The van der Waals surface area contributed by atoms with E-state index in [1.165, 1.54) is 0 Å². The van der Waals surface area contributed by atoms with E-state index in [1.807, 2.05) is 12.1 Å². The molecule has 0 spiro atoms. The average Bonchev–Trinajstić information content (AvgIpc) is 2.44. The third kappa shape index (κ3) is 5.47. The molecule has 3 atom stereocenters. The van der Waals surface area contributed by atoms with Gasteiger partial charge in [-0.2, -0.15) is 0 Å². The monoisotopic (exact) mass is 312 g/mol. The van der Waals surface area contributed by atoms with E-state index in [2.05, 4.69) is 24.2 Å². The van der Waals surface area contributed by atoms with Crippen molar-refractivity contribution in [3.8, 4) is 5.75 Å². The first kappa shape index (κ1) is 16.6. The molecular weight excluding hydrogens is 288 g/mol. The summed E-state index contributed by atoms with van der Waals surface area (Å²) in [7, 11) is 2.15. The third-order valence-electron chi connectivity index (χ3n) is 3.96. The first-order valence-corrected chi connectivity index (χ1v) is 7.90. The second-order valence-electron chi connectivity index (χ2n) is 5.97. The fourth-order valence-electron chi connectivity index (χ4n) is 2.75. The molecule has 21 heavy (non-hydrogen) atoms. The predicted molar refractivity (Wildman–Crippen MR) is 86.0 cm³/mol. The molecule has 3 unspecified atom stereocenters. The van der Waals surface area contributed by atoms with E-state index in [1.54, 1.807) is 12.1 Å². The molecule has 5 heteroatoms. The molecule has 1 aromatic carbocycles. The van der Waals surface area contributed by atoms with E-state index in [4.69, 9.17) is 16.3 Å². The summed E-state index contributed by atoms with van der Waals surface area (Å²) < 4.78 is 5.55. The van der Waals surface area contributed by atoms with Crippen molar-refractivity contribution in [2.24, 2.45) is 5.92 Å². The van der Waals surface area contributed by atoms with Crippen LogP contribution in [-0.2, 0) is 0 Å². The minimum Gasteiger partial charge on any atom is -0.491 e. The lowest BCUT2D eigenvalue weighted by Crippen LogP contribution is -2.49. The Morgan fingerprint density at radius 2 is 2.33 bits per heavy atom. The minimum atomic E-state index is -0.518. The van der Waals surface area contributed by atoms with Gasteiger partial charge in [0.05, 0.1) is 0 Å². The molecule has 118 valence electrons. The van der Waals surface area contributed by atoms with E-state index < -0.39 is 6.10 Å². The molecule has 4 nitrogen and oxygen atoms in total. The smallest absolute Gasteiger partial charge is 0.120 e. The maximum Gasteiger partial charge on any atom is 0.120 e. The molecule has 0 radical (unpaired) electrons. The van der Waals surface area contributed by atoms with Crippen molar-refractivity contribution in [2.45, 2.75) is 25.5 Å². The third-order valence-corrected chi connectivity index (χ3v) is 4.20. The zero-order valence-electron chi connectivity index (χ0n) is 12.8. The van der Waals surface area contributed by atoms with Crippen molar-refractivity contribution in [2.75, 3.05) is 33.3 Å². The van der Waals surface area contributed by atoms with Gasteiger partial charge in [0.25, 0.3) is 0 Å². The zero-order chi connectivity index (χ0) is 15.2. The van der Waals surface area contributed by atoms with Crippen LogP contribution in [0.1, 0.15) is 13.3 Å². The van der Waals surface area contributed by atoms with Crippen LogP contribution in [0, 0.1) is 5.92 Å². The van der Waals surface area contributed by atoms with Crippen molar-refractivity contribution in [3.05, 3.63) is 29.3 Å². The molecule has 2 rings (SSSR count). The number of hydrogen-bond acceptors (Lipinski definition) is 4. The minimum absolute atomic E-state index is 0.272. The van der Waals surface area contributed by atoms with Gasteiger partial charge in [0.1, 0.15) is 18.5 Å². The van der Waals surface area contributed by atoms with Gasteiger partial charge in [0, 0.05) is 24.2 Å². The Labute approximate surface area is 132 Å². The Morgan fingerprint density at radius 3 is 3.05 bits per heavy atom. The van der Waals surface area contributed by atoms with Gasteiger partial charge in [-0.3, -0.25) is 0 Å². The fourth-order valence-corrected chi connectivity index (χ4v) is 2.93. The summed E-state index contributed by atoms with van der Waals surface area (Å²) in [6.45, 7) is 5.29. The van der Waals surface area contributed by atoms with E-state index in [9.17, 15) is 5.11 Å². The Hall–Kier alpha value is -0.810. The number of benzene rings is 1. The van der Waals surface area contributed by atoms with Gasteiger partial charge >= 0.3 is 0 Å². The maximum atomic E-state index is 10.0. The lowest BCUT2D eigenvalue weighted by Gasteiger charge is -2.35. The highest BCUT2D eigenvalue weighted by Crippen LogP contribution is 2.17. The van der Waals surface area contributed by atoms with Gasteiger partial charge in [-0.1, -0.05) is 24.6 Å². The second kappa shape index (κ2) is 7.99. The highest BCUT2D eigenvalue weighted by molar-refractivity contribution is 6.30. The molecule has 1 saturated heterocycles. The number of hydrogen-bond donors (Lipinski definition) is 2. The van der Waals surface area contributed by atoms with Crippen LogP contribution >= 0.6 is 11.6 Å². The topological polar surface area (TPSA) is 44.7 Å². The van der Waals surface area contributed by atoms with Gasteiger partial charge < -0.3 is 20.1 Å². The number of nitrogens with zero attached hydrogens (tertiary/aromatic N) is 1. The summed E-state index contributed by atoms with van der Waals surface area (Å²) in [4.78, 5) is 2.35. The summed E-state index contributed by atoms with van der Waals surface area (Å²) in [6, 6.07) is 7.70. The molecule has 1 aliphatic heterocycles. The lowest BCUT2D eigenvalue weighted by molar-refractivity contribution is 0.0933. The molecule has 0 aliphatic carbocycles. The van der Waals surface area contributed by atoms with Crippen molar-refractivity contribution in [3.63, 3.8) is 0 Å². The zero-order valence-corrected chi connectivity index (χ0v) is 13.5. The Morgan fingerprint density at radius 1 is 1.52 bits per heavy atom. The van der Waals surface area contributed by atoms with Crippen molar-refractivity contribution in [1.29, 1.82) is 0 Å². The van der Waals surface area contributed by atoms with Crippen LogP contribution in [0.3, 0.4) is 0 Å². The number of nitrogens with one attached hydrogen (secondary N) is 1. The predicted octanol–water partition coefficient (Wildman–Crippen LogP) is 2.01. The number of ether oxygens (including phenoxy) is 1. The average molecular weight is 313 g/mol. The summed E-state index contributed by atoms with van der Waals surface area (Å²) in [6.07, 6.45) is 0.607. The van der Waals surface area contributed by atoms with Crippen LogP contribution in [0.15, 0.2) is 24.3 Å². The van der Waals surface area contributed by atoms with Crippen LogP contribution in [0.25, 0.3) is 0 Å². The maximum absolute atomic E-state index is 10.0. The molecular formula is C16H25ClN2O2. The molecule has 1 aliphatic rings. The summed E-state index contributed by atoms with van der Waals surface area (Å²) in [5, 5.41) is 14.1. The number of aliphatic hydroxyl groups is 1.